The molecule has 0 saturated heterocycles. The lowest BCUT2D eigenvalue weighted by molar-refractivity contribution is 0.170. The minimum atomic E-state index is -0.195. The van der Waals surface area contributed by atoms with Crippen molar-refractivity contribution in [3.05, 3.63) is 83.4 Å². The number of ether oxygens (including phenoxy) is 2. The lowest BCUT2D eigenvalue weighted by Gasteiger charge is -2.31. The van der Waals surface area contributed by atoms with E-state index in [1.807, 2.05) is 12.1 Å². The summed E-state index contributed by atoms with van der Waals surface area (Å²) in [6.07, 6.45) is 3.17. The van der Waals surface area contributed by atoms with Gasteiger partial charge in [0.2, 0.25) is 0 Å². The van der Waals surface area contributed by atoms with Crippen LogP contribution in [0.4, 0.5) is 4.39 Å². The third kappa shape index (κ3) is 3.27. The lowest BCUT2D eigenvalue weighted by Crippen LogP contribution is -2.29. The average molecular weight is 378 g/mol. The summed E-state index contributed by atoms with van der Waals surface area (Å²) in [6.45, 7) is 3.86. The summed E-state index contributed by atoms with van der Waals surface area (Å²) in [5.74, 6) is 1.42. The molecule has 1 unspecified atom stereocenters. The molecule has 0 amide bonds. The molecule has 2 aliphatic rings. The largest absolute Gasteiger partial charge is 0.486 e. The van der Waals surface area contributed by atoms with Gasteiger partial charge in [-0.3, -0.25) is 4.90 Å². The molecular formula is C23H23FN2O2. The van der Waals surface area contributed by atoms with Crippen molar-refractivity contribution in [2.45, 2.75) is 25.6 Å². The minimum absolute atomic E-state index is 0.0152. The van der Waals surface area contributed by atoms with Crippen LogP contribution in [0, 0.1) is 5.82 Å². The van der Waals surface area contributed by atoms with Crippen molar-refractivity contribution in [1.29, 1.82) is 0 Å². The van der Waals surface area contributed by atoms with Crippen LogP contribution in [0.2, 0.25) is 0 Å². The van der Waals surface area contributed by atoms with E-state index in [9.17, 15) is 4.39 Å². The summed E-state index contributed by atoms with van der Waals surface area (Å²) in [5, 5.41) is 0. The van der Waals surface area contributed by atoms with Crippen molar-refractivity contribution in [2.24, 2.45) is 0 Å². The Hall–Kier alpha value is -2.79. The summed E-state index contributed by atoms with van der Waals surface area (Å²) >= 11 is 0. The highest BCUT2D eigenvalue weighted by Gasteiger charge is 2.28. The highest BCUT2D eigenvalue weighted by atomic mass is 19.1. The summed E-state index contributed by atoms with van der Waals surface area (Å²) < 4.78 is 27.7. The Morgan fingerprint density at radius 3 is 2.71 bits per heavy atom. The zero-order chi connectivity index (χ0) is 18.9. The van der Waals surface area contributed by atoms with Gasteiger partial charge in [0.05, 0.1) is 6.04 Å². The van der Waals surface area contributed by atoms with Gasteiger partial charge in [0.25, 0.3) is 0 Å². The normalized spacial score (nSPS) is 19.1. The number of aryl methyl sites for hydroxylation is 1. The zero-order valence-corrected chi connectivity index (χ0v) is 15.7. The van der Waals surface area contributed by atoms with Crippen LogP contribution >= 0.6 is 0 Å². The molecular weight excluding hydrogens is 355 g/mol. The first kappa shape index (κ1) is 17.3. The Kier molecular flexibility index (Phi) is 4.53. The molecule has 4 nitrogen and oxygen atoms in total. The van der Waals surface area contributed by atoms with Gasteiger partial charge in [-0.1, -0.05) is 18.2 Å². The van der Waals surface area contributed by atoms with E-state index in [1.54, 1.807) is 12.1 Å². The molecule has 3 heterocycles. The van der Waals surface area contributed by atoms with Crippen molar-refractivity contribution in [1.82, 2.24) is 9.47 Å². The van der Waals surface area contributed by atoms with E-state index in [0.717, 1.165) is 43.1 Å². The molecule has 2 aromatic carbocycles. The number of hydrogen-bond donors (Lipinski definition) is 0. The second kappa shape index (κ2) is 7.32. The first-order valence-corrected chi connectivity index (χ1v) is 9.81. The van der Waals surface area contributed by atoms with E-state index in [0.29, 0.717) is 13.2 Å². The van der Waals surface area contributed by atoms with Crippen molar-refractivity contribution >= 4 is 0 Å². The maximum atomic E-state index is 14.0. The van der Waals surface area contributed by atoms with Gasteiger partial charge in [-0.2, -0.15) is 0 Å². The van der Waals surface area contributed by atoms with Gasteiger partial charge < -0.3 is 14.0 Å². The quantitative estimate of drug-likeness (QED) is 0.676. The van der Waals surface area contributed by atoms with Crippen molar-refractivity contribution < 1.29 is 13.9 Å². The first-order chi connectivity index (χ1) is 13.8. The van der Waals surface area contributed by atoms with Crippen LogP contribution in [0.3, 0.4) is 0 Å². The van der Waals surface area contributed by atoms with Crippen LogP contribution in [-0.2, 0) is 13.1 Å². The molecule has 1 aromatic heterocycles. The second-order valence-corrected chi connectivity index (χ2v) is 7.39. The van der Waals surface area contributed by atoms with Gasteiger partial charge in [-0.25, -0.2) is 4.39 Å². The van der Waals surface area contributed by atoms with Crippen LogP contribution in [0.25, 0.3) is 0 Å². The smallest absolute Gasteiger partial charge is 0.161 e. The Bertz CT molecular complexity index is 984. The number of nitrogens with zero attached hydrogens (tertiary/aromatic N) is 2. The van der Waals surface area contributed by atoms with Crippen LogP contribution in [-0.4, -0.2) is 29.2 Å². The molecule has 0 aliphatic carbocycles. The predicted molar refractivity (Wildman–Crippen MR) is 105 cm³/mol. The number of halogens is 1. The standard InChI is InChI=1S/C23H23FN2O2/c24-19-5-1-4-18(15-19)23-20-6-2-9-25(20)10-3-11-26(23)16-17-7-8-21-22(14-17)28-13-12-27-21/h1-2,4-9,14-15,23H,3,10-13,16H2. The molecule has 5 rings (SSSR count). The van der Waals surface area contributed by atoms with Crippen LogP contribution < -0.4 is 9.47 Å². The van der Waals surface area contributed by atoms with E-state index >= 15 is 0 Å². The van der Waals surface area contributed by atoms with Gasteiger partial charge in [0.1, 0.15) is 19.0 Å². The predicted octanol–water partition coefficient (Wildman–Crippen LogP) is 4.39. The first-order valence-electron chi connectivity index (χ1n) is 9.81. The maximum absolute atomic E-state index is 14.0. The van der Waals surface area contributed by atoms with Crippen molar-refractivity contribution in [3.63, 3.8) is 0 Å². The van der Waals surface area contributed by atoms with Gasteiger partial charge in [0.15, 0.2) is 11.5 Å². The molecule has 0 spiro atoms. The molecule has 0 saturated carbocycles. The highest BCUT2D eigenvalue weighted by Crippen LogP contribution is 2.35. The van der Waals surface area contributed by atoms with Crippen LogP contribution in [0.15, 0.2) is 60.8 Å². The van der Waals surface area contributed by atoms with Crippen LogP contribution in [0.1, 0.15) is 29.3 Å². The summed E-state index contributed by atoms with van der Waals surface area (Å²) in [6, 6.07) is 17.4. The highest BCUT2D eigenvalue weighted by molar-refractivity contribution is 5.44. The molecule has 2 aliphatic heterocycles. The van der Waals surface area contributed by atoms with E-state index in [4.69, 9.17) is 9.47 Å². The fraction of sp³-hybridized carbons (Fsp3) is 0.304. The number of aromatic nitrogens is 1. The van der Waals surface area contributed by atoms with E-state index in [2.05, 4.69) is 39.9 Å². The minimum Gasteiger partial charge on any atom is -0.486 e. The van der Waals surface area contributed by atoms with E-state index in [1.165, 1.54) is 17.3 Å². The molecule has 3 aromatic rings. The maximum Gasteiger partial charge on any atom is 0.161 e. The SMILES string of the molecule is Fc1cccc(C2c3cccn3CCCN2Cc2ccc3c(c2)OCCO3)c1. The summed E-state index contributed by atoms with van der Waals surface area (Å²) in [4.78, 5) is 2.43. The number of benzene rings is 2. The molecule has 5 heteroatoms. The molecule has 1 atom stereocenters. The molecule has 0 radical (unpaired) electrons. The number of hydrogen-bond acceptors (Lipinski definition) is 3. The fourth-order valence-corrected chi connectivity index (χ4v) is 4.29. The molecule has 28 heavy (non-hydrogen) atoms. The zero-order valence-electron chi connectivity index (χ0n) is 15.7. The molecule has 144 valence electrons. The monoisotopic (exact) mass is 378 g/mol. The Balaban J connectivity index is 1.51. The Morgan fingerprint density at radius 2 is 1.82 bits per heavy atom. The lowest BCUT2D eigenvalue weighted by atomic mass is 10.0. The van der Waals surface area contributed by atoms with Gasteiger partial charge in [-0.05, 0) is 53.9 Å². The molecule has 0 fully saturated rings. The topological polar surface area (TPSA) is 26.6 Å². The third-order valence-electron chi connectivity index (χ3n) is 5.51. The van der Waals surface area contributed by atoms with Gasteiger partial charge in [-0.15, -0.1) is 0 Å². The second-order valence-electron chi connectivity index (χ2n) is 7.39. The average Bonchev–Trinajstić information content (AvgIpc) is 3.09. The van der Waals surface area contributed by atoms with E-state index in [-0.39, 0.29) is 11.9 Å². The molecule has 0 bridgehead atoms. The van der Waals surface area contributed by atoms with Gasteiger partial charge in [0, 0.05) is 31.5 Å². The van der Waals surface area contributed by atoms with Crippen molar-refractivity contribution in [2.75, 3.05) is 19.8 Å². The van der Waals surface area contributed by atoms with Crippen molar-refractivity contribution in [3.8, 4) is 11.5 Å². The summed E-state index contributed by atoms with van der Waals surface area (Å²) in [5.41, 5.74) is 3.37. The summed E-state index contributed by atoms with van der Waals surface area (Å²) in [7, 11) is 0. The number of rotatable bonds is 3. The third-order valence-corrected chi connectivity index (χ3v) is 5.51. The van der Waals surface area contributed by atoms with Gasteiger partial charge >= 0.3 is 0 Å². The fourth-order valence-electron chi connectivity index (χ4n) is 4.29. The van der Waals surface area contributed by atoms with Crippen LogP contribution in [0.5, 0.6) is 11.5 Å². The molecule has 0 N–H and O–H groups in total. The Morgan fingerprint density at radius 1 is 0.929 bits per heavy atom. The number of fused-ring (bicyclic) bond motifs is 2. The Labute approximate surface area is 164 Å². The van der Waals surface area contributed by atoms with E-state index < -0.39 is 0 Å².